The SMILES string of the molecule is NCc1ccc(Oc2cc(=O)[nH]c(C3CC3)n2)cc1. The molecule has 19 heavy (non-hydrogen) atoms. The second-order valence-corrected chi connectivity index (χ2v) is 4.69. The number of aromatic nitrogens is 2. The highest BCUT2D eigenvalue weighted by Crippen LogP contribution is 2.38. The van der Waals surface area contributed by atoms with E-state index in [4.69, 9.17) is 10.5 Å². The molecule has 98 valence electrons. The predicted octanol–water partition coefficient (Wildman–Crippen LogP) is 1.90. The Morgan fingerprint density at radius 2 is 2.05 bits per heavy atom. The maximum absolute atomic E-state index is 11.5. The number of aromatic amines is 1. The molecule has 1 aliphatic carbocycles. The predicted molar refractivity (Wildman–Crippen MR) is 71.2 cm³/mol. The summed E-state index contributed by atoms with van der Waals surface area (Å²) in [6.07, 6.45) is 2.16. The molecule has 3 N–H and O–H groups in total. The molecule has 1 heterocycles. The van der Waals surface area contributed by atoms with Gasteiger partial charge in [-0.2, -0.15) is 4.98 Å². The number of hydrogen-bond acceptors (Lipinski definition) is 4. The molecule has 0 saturated heterocycles. The van der Waals surface area contributed by atoms with Gasteiger partial charge in [0.15, 0.2) is 0 Å². The molecular formula is C14H15N3O2. The van der Waals surface area contributed by atoms with Gasteiger partial charge in [0.1, 0.15) is 11.6 Å². The maximum Gasteiger partial charge on any atom is 0.254 e. The second-order valence-electron chi connectivity index (χ2n) is 4.69. The van der Waals surface area contributed by atoms with Crippen molar-refractivity contribution in [2.75, 3.05) is 0 Å². The van der Waals surface area contributed by atoms with Gasteiger partial charge >= 0.3 is 0 Å². The van der Waals surface area contributed by atoms with E-state index in [0.717, 1.165) is 24.2 Å². The molecule has 1 saturated carbocycles. The van der Waals surface area contributed by atoms with E-state index in [-0.39, 0.29) is 5.56 Å². The van der Waals surface area contributed by atoms with Crippen LogP contribution < -0.4 is 16.0 Å². The summed E-state index contributed by atoms with van der Waals surface area (Å²) in [5.74, 6) is 2.10. The van der Waals surface area contributed by atoms with Crippen molar-refractivity contribution in [1.29, 1.82) is 0 Å². The van der Waals surface area contributed by atoms with Crippen molar-refractivity contribution in [2.45, 2.75) is 25.3 Å². The molecular weight excluding hydrogens is 242 g/mol. The smallest absolute Gasteiger partial charge is 0.254 e. The first-order valence-electron chi connectivity index (χ1n) is 6.33. The number of nitrogens with two attached hydrogens (primary N) is 1. The Hall–Kier alpha value is -2.14. The van der Waals surface area contributed by atoms with Crippen LogP contribution in [0.4, 0.5) is 0 Å². The standard InChI is InChI=1S/C14H15N3O2/c15-8-9-1-5-11(6-2-9)19-13-7-12(18)16-14(17-13)10-3-4-10/h1-2,5-7,10H,3-4,8,15H2,(H,16,17,18). The molecule has 3 rings (SSSR count). The molecule has 0 amide bonds. The summed E-state index contributed by atoms with van der Waals surface area (Å²) in [5.41, 5.74) is 6.39. The Balaban J connectivity index is 1.83. The fourth-order valence-corrected chi connectivity index (χ4v) is 1.87. The van der Waals surface area contributed by atoms with Gasteiger partial charge < -0.3 is 15.5 Å². The number of ether oxygens (including phenoxy) is 1. The van der Waals surface area contributed by atoms with E-state index in [2.05, 4.69) is 9.97 Å². The molecule has 0 bridgehead atoms. The summed E-state index contributed by atoms with van der Waals surface area (Å²) in [6, 6.07) is 8.79. The lowest BCUT2D eigenvalue weighted by Gasteiger charge is -2.06. The van der Waals surface area contributed by atoms with Gasteiger partial charge in [-0.3, -0.25) is 4.79 Å². The Morgan fingerprint density at radius 1 is 1.32 bits per heavy atom. The van der Waals surface area contributed by atoms with E-state index in [1.807, 2.05) is 24.3 Å². The zero-order chi connectivity index (χ0) is 13.2. The van der Waals surface area contributed by atoms with Crippen LogP contribution in [0, 0.1) is 0 Å². The molecule has 2 aromatic rings. The van der Waals surface area contributed by atoms with Crippen LogP contribution in [-0.2, 0) is 6.54 Å². The van der Waals surface area contributed by atoms with Gasteiger partial charge in [-0.15, -0.1) is 0 Å². The van der Waals surface area contributed by atoms with Gasteiger partial charge in [0.25, 0.3) is 5.56 Å². The van der Waals surface area contributed by atoms with E-state index in [0.29, 0.717) is 24.1 Å². The Bertz CT molecular complexity index is 630. The number of nitrogens with zero attached hydrogens (tertiary/aromatic N) is 1. The fraction of sp³-hybridized carbons (Fsp3) is 0.286. The summed E-state index contributed by atoms with van der Waals surface area (Å²) in [7, 11) is 0. The lowest BCUT2D eigenvalue weighted by atomic mass is 10.2. The van der Waals surface area contributed by atoms with Crippen molar-refractivity contribution in [3.05, 3.63) is 52.1 Å². The van der Waals surface area contributed by atoms with Crippen LogP contribution in [0.25, 0.3) is 0 Å². The first-order valence-corrected chi connectivity index (χ1v) is 6.33. The van der Waals surface area contributed by atoms with Gasteiger partial charge in [0, 0.05) is 12.5 Å². The Kier molecular flexibility index (Phi) is 3.05. The van der Waals surface area contributed by atoms with Crippen LogP contribution in [0.1, 0.15) is 30.1 Å². The van der Waals surface area contributed by atoms with E-state index < -0.39 is 0 Å². The van der Waals surface area contributed by atoms with Crippen molar-refractivity contribution in [1.82, 2.24) is 9.97 Å². The van der Waals surface area contributed by atoms with Crippen LogP contribution in [0.2, 0.25) is 0 Å². The topological polar surface area (TPSA) is 81.0 Å². The molecule has 0 spiro atoms. The first kappa shape index (κ1) is 11.9. The number of benzene rings is 1. The highest BCUT2D eigenvalue weighted by atomic mass is 16.5. The number of hydrogen-bond donors (Lipinski definition) is 2. The summed E-state index contributed by atoms with van der Waals surface area (Å²) < 4.78 is 5.61. The maximum atomic E-state index is 11.5. The minimum absolute atomic E-state index is 0.175. The number of H-pyrrole nitrogens is 1. The van der Waals surface area contributed by atoms with Crippen LogP contribution in [-0.4, -0.2) is 9.97 Å². The Morgan fingerprint density at radius 3 is 2.68 bits per heavy atom. The van der Waals surface area contributed by atoms with Gasteiger partial charge in [-0.05, 0) is 30.5 Å². The average Bonchev–Trinajstić information content (AvgIpc) is 3.23. The molecule has 1 aliphatic rings. The van der Waals surface area contributed by atoms with Crippen molar-refractivity contribution >= 4 is 0 Å². The summed E-state index contributed by atoms with van der Waals surface area (Å²) in [5, 5.41) is 0. The normalized spacial score (nSPS) is 14.4. The molecule has 0 aliphatic heterocycles. The van der Waals surface area contributed by atoms with E-state index in [1.54, 1.807) is 0 Å². The van der Waals surface area contributed by atoms with Crippen LogP contribution in [0.5, 0.6) is 11.6 Å². The number of rotatable bonds is 4. The largest absolute Gasteiger partial charge is 0.439 e. The second kappa shape index (κ2) is 4.85. The summed E-state index contributed by atoms with van der Waals surface area (Å²) >= 11 is 0. The first-order chi connectivity index (χ1) is 9.24. The average molecular weight is 257 g/mol. The third-order valence-corrected chi connectivity index (χ3v) is 3.08. The zero-order valence-electron chi connectivity index (χ0n) is 10.4. The molecule has 1 aromatic heterocycles. The van der Waals surface area contributed by atoms with Crippen molar-refractivity contribution in [3.8, 4) is 11.6 Å². The van der Waals surface area contributed by atoms with Gasteiger partial charge in [-0.25, -0.2) is 0 Å². The molecule has 0 atom stereocenters. The van der Waals surface area contributed by atoms with Crippen LogP contribution >= 0.6 is 0 Å². The molecule has 0 unspecified atom stereocenters. The minimum Gasteiger partial charge on any atom is -0.439 e. The fourth-order valence-electron chi connectivity index (χ4n) is 1.87. The zero-order valence-corrected chi connectivity index (χ0v) is 10.4. The molecule has 1 fully saturated rings. The van der Waals surface area contributed by atoms with E-state index in [1.165, 1.54) is 6.07 Å². The summed E-state index contributed by atoms with van der Waals surface area (Å²) in [4.78, 5) is 18.6. The highest BCUT2D eigenvalue weighted by molar-refractivity contribution is 5.30. The Labute approximate surface area is 110 Å². The molecule has 5 nitrogen and oxygen atoms in total. The highest BCUT2D eigenvalue weighted by Gasteiger charge is 2.26. The molecule has 0 radical (unpaired) electrons. The van der Waals surface area contributed by atoms with Crippen molar-refractivity contribution < 1.29 is 4.74 Å². The van der Waals surface area contributed by atoms with Crippen LogP contribution in [0.15, 0.2) is 35.1 Å². The third-order valence-electron chi connectivity index (χ3n) is 3.08. The lowest BCUT2D eigenvalue weighted by molar-refractivity contribution is 0.457. The van der Waals surface area contributed by atoms with E-state index >= 15 is 0 Å². The van der Waals surface area contributed by atoms with Crippen molar-refractivity contribution in [2.24, 2.45) is 5.73 Å². The van der Waals surface area contributed by atoms with Crippen LogP contribution in [0.3, 0.4) is 0 Å². The minimum atomic E-state index is -0.175. The van der Waals surface area contributed by atoms with Crippen molar-refractivity contribution in [3.63, 3.8) is 0 Å². The quantitative estimate of drug-likeness (QED) is 0.876. The monoisotopic (exact) mass is 257 g/mol. The summed E-state index contributed by atoms with van der Waals surface area (Å²) in [6.45, 7) is 0.495. The number of nitrogens with one attached hydrogen (secondary N) is 1. The van der Waals surface area contributed by atoms with Gasteiger partial charge in [-0.1, -0.05) is 12.1 Å². The molecule has 5 heteroatoms. The lowest BCUT2D eigenvalue weighted by Crippen LogP contribution is -2.10. The van der Waals surface area contributed by atoms with Gasteiger partial charge in [0.2, 0.25) is 5.88 Å². The van der Waals surface area contributed by atoms with E-state index in [9.17, 15) is 4.79 Å². The third kappa shape index (κ3) is 2.82. The molecule has 1 aromatic carbocycles. The van der Waals surface area contributed by atoms with Gasteiger partial charge in [0.05, 0.1) is 6.07 Å².